The number of benzene rings is 1. The van der Waals surface area contributed by atoms with E-state index >= 15 is 0 Å². The highest BCUT2D eigenvalue weighted by Crippen LogP contribution is 2.29. The summed E-state index contributed by atoms with van der Waals surface area (Å²) in [6.07, 6.45) is 0. The molecular weight excluding hydrogens is 506 g/mol. The lowest BCUT2D eigenvalue weighted by Crippen LogP contribution is -2.48. The predicted octanol–water partition coefficient (Wildman–Crippen LogP) is 3.09. The number of piperazine rings is 1. The van der Waals surface area contributed by atoms with E-state index in [1.165, 1.54) is 41.3 Å². The zero-order valence-corrected chi connectivity index (χ0v) is 20.2. The topological polar surface area (TPSA) is 148 Å². The molecule has 0 spiro atoms. The number of carbonyl (C=O) groups excluding carboxylic acids is 2. The molecule has 12 nitrogen and oxygen atoms in total. The van der Waals surface area contributed by atoms with E-state index in [-0.39, 0.29) is 33.8 Å². The molecule has 1 N–H and O–H groups in total. The van der Waals surface area contributed by atoms with Crippen LogP contribution in [0, 0.1) is 17.0 Å². The number of rotatable bonds is 7. The summed E-state index contributed by atoms with van der Waals surface area (Å²) >= 11 is 8.46. The maximum absolute atomic E-state index is 12.8. The average molecular weight is 524 g/mol. The van der Waals surface area contributed by atoms with Gasteiger partial charge >= 0.3 is 0 Å². The van der Waals surface area contributed by atoms with Gasteiger partial charge < -0.3 is 19.6 Å². The molecule has 3 aromatic rings. The quantitative estimate of drug-likeness (QED) is 0.278. The van der Waals surface area contributed by atoms with Crippen LogP contribution in [0.15, 0.2) is 33.1 Å². The van der Waals surface area contributed by atoms with E-state index in [4.69, 9.17) is 16.1 Å². The van der Waals surface area contributed by atoms with Crippen LogP contribution in [0.1, 0.15) is 16.1 Å². The van der Waals surface area contributed by atoms with Crippen molar-refractivity contribution in [1.29, 1.82) is 0 Å². The smallest absolute Gasteiger partial charge is 0.288 e. The Morgan fingerprint density at radius 2 is 2.03 bits per heavy atom. The van der Waals surface area contributed by atoms with Gasteiger partial charge in [0.05, 0.1) is 10.7 Å². The summed E-state index contributed by atoms with van der Waals surface area (Å²) in [6, 6.07) is 5.67. The zero-order chi connectivity index (χ0) is 24.2. The van der Waals surface area contributed by atoms with E-state index < -0.39 is 4.92 Å². The lowest BCUT2D eigenvalue weighted by Gasteiger charge is -2.34. The number of nitro benzene ring substituents is 1. The maximum atomic E-state index is 12.8. The number of nitrogens with zero attached hydrogens (tertiary/aromatic N) is 6. The van der Waals surface area contributed by atoms with E-state index in [9.17, 15) is 19.7 Å². The number of hydrogen-bond acceptors (Lipinski definition) is 11. The van der Waals surface area contributed by atoms with Crippen molar-refractivity contribution in [3.8, 4) is 0 Å². The molecule has 0 atom stereocenters. The highest BCUT2D eigenvalue weighted by molar-refractivity contribution is 8.01. The fourth-order valence-electron chi connectivity index (χ4n) is 3.19. The van der Waals surface area contributed by atoms with Crippen LogP contribution in [0.3, 0.4) is 0 Å². The van der Waals surface area contributed by atoms with Crippen molar-refractivity contribution in [1.82, 2.24) is 20.3 Å². The highest BCUT2D eigenvalue weighted by Gasteiger charge is 2.26. The number of halogens is 1. The molecule has 0 bridgehead atoms. The highest BCUT2D eigenvalue weighted by atomic mass is 35.5. The summed E-state index contributed by atoms with van der Waals surface area (Å²) in [5.41, 5.74) is -0.0759. The molecule has 0 saturated carbocycles. The molecule has 1 fully saturated rings. The van der Waals surface area contributed by atoms with Crippen LogP contribution in [0.5, 0.6) is 0 Å². The minimum Gasteiger partial charge on any atom is -0.360 e. The Hall–Kier alpha value is -3.23. The third-order valence-electron chi connectivity index (χ3n) is 4.85. The Balaban J connectivity index is 1.28. The fourth-order valence-corrected chi connectivity index (χ4v) is 5.07. The van der Waals surface area contributed by atoms with E-state index in [1.54, 1.807) is 17.9 Å². The van der Waals surface area contributed by atoms with Gasteiger partial charge in [0.2, 0.25) is 11.0 Å². The monoisotopic (exact) mass is 523 g/mol. The van der Waals surface area contributed by atoms with Gasteiger partial charge in [-0.2, -0.15) is 0 Å². The molecule has 1 aliphatic rings. The molecule has 2 amide bonds. The van der Waals surface area contributed by atoms with Crippen LogP contribution in [0.4, 0.5) is 16.6 Å². The first kappa shape index (κ1) is 23.9. The van der Waals surface area contributed by atoms with E-state index in [1.807, 2.05) is 4.90 Å². The van der Waals surface area contributed by atoms with Gasteiger partial charge in [0, 0.05) is 43.9 Å². The largest absolute Gasteiger partial charge is 0.360 e. The van der Waals surface area contributed by atoms with Gasteiger partial charge in [0.25, 0.3) is 11.6 Å². The van der Waals surface area contributed by atoms with Crippen molar-refractivity contribution < 1.29 is 19.0 Å². The van der Waals surface area contributed by atoms with Gasteiger partial charge in [0.15, 0.2) is 10.2 Å². The van der Waals surface area contributed by atoms with Crippen LogP contribution >= 0.6 is 34.7 Å². The van der Waals surface area contributed by atoms with Crippen molar-refractivity contribution >= 4 is 63.2 Å². The number of amides is 2. The van der Waals surface area contributed by atoms with Gasteiger partial charge in [-0.3, -0.25) is 19.7 Å². The first-order valence-corrected chi connectivity index (χ1v) is 12.2. The second-order valence-corrected chi connectivity index (χ2v) is 9.80. The Morgan fingerprint density at radius 1 is 1.26 bits per heavy atom. The molecule has 1 aliphatic heterocycles. The minimum absolute atomic E-state index is 0.0120. The van der Waals surface area contributed by atoms with E-state index in [0.717, 1.165) is 0 Å². The third kappa shape index (κ3) is 5.63. The molecule has 2 aromatic heterocycles. The molecule has 1 aromatic carbocycles. The zero-order valence-electron chi connectivity index (χ0n) is 17.8. The van der Waals surface area contributed by atoms with Gasteiger partial charge in [-0.15, -0.1) is 10.2 Å². The van der Waals surface area contributed by atoms with Crippen molar-refractivity contribution in [2.75, 3.05) is 42.1 Å². The standard InChI is InChI=1S/C19H18ClN7O5S2/c1-11-8-15(24-32-11)21-16(28)10-33-19-23-22-18(34-19)26-6-4-25(5-7-26)17(29)12-2-3-13(20)14(9-12)27(30)31/h2-3,8-9H,4-7,10H2,1H3,(H,21,24,28). The lowest BCUT2D eigenvalue weighted by molar-refractivity contribution is -0.384. The number of carbonyl (C=O) groups is 2. The number of aromatic nitrogens is 3. The van der Waals surface area contributed by atoms with E-state index in [0.29, 0.717) is 47.2 Å². The van der Waals surface area contributed by atoms with Crippen molar-refractivity contribution in [2.45, 2.75) is 11.3 Å². The molecule has 3 heterocycles. The fraction of sp³-hybridized carbons (Fsp3) is 0.316. The predicted molar refractivity (Wildman–Crippen MR) is 127 cm³/mol. The van der Waals surface area contributed by atoms with Gasteiger partial charge in [-0.05, 0) is 19.1 Å². The van der Waals surface area contributed by atoms with Gasteiger partial charge in [0.1, 0.15) is 10.8 Å². The average Bonchev–Trinajstić information content (AvgIpc) is 3.46. The second-order valence-electron chi connectivity index (χ2n) is 7.21. The Labute approximate surface area is 206 Å². The van der Waals surface area contributed by atoms with Crippen molar-refractivity contribution in [2.24, 2.45) is 0 Å². The number of hydrogen-bond donors (Lipinski definition) is 1. The molecule has 15 heteroatoms. The number of thioether (sulfide) groups is 1. The lowest BCUT2D eigenvalue weighted by atomic mass is 10.1. The number of nitrogens with one attached hydrogen (secondary N) is 1. The molecule has 34 heavy (non-hydrogen) atoms. The Bertz CT molecular complexity index is 1230. The van der Waals surface area contributed by atoms with Crippen molar-refractivity contribution in [3.05, 3.63) is 50.7 Å². The second kappa shape index (κ2) is 10.4. The summed E-state index contributed by atoms with van der Waals surface area (Å²) in [5.74, 6) is 0.594. The molecule has 4 rings (SSSR count). The number of anilines is 2. The van der Waals surface area contributed by atoms with Gasteiger partial charge in [-0.25, -0.2) is 0 Å². The summed E-state index contributed by atoms with van der Waals surface area (Å²) in [5, 5.41) is 26.5. The van der Waals surface area contributed by atoms with Crippen LogP contribution in [-0.4, -0.2) is 68.9 Å². The van der Waals surface area contributed by atoms with Crippen molar-refractivity contribution in [3.63, 3.8) is 0 Å². The minimum atomic E-state index is -0.610. The molecule has 178 valence electrons. The van der Waals surface area contributed by atoms with Crippen LogP contribution < -0.4 is 10.2 Å². The molecule has 0 radical (unpaired) electrons. The Kier molecular flexibility index (Phi) is 7.29. The summed E-state index contributed by atoms with van der Waals surface area (Å²) in [6.45, 7) is 3.66. The van der Waals surface area contributed by atoms with E-state index in [2.05, 4.69) is 20.7 Å². The summed E-state index contributed by atoms with van der Waals surface area (Å²) < 4.78 is 5.56. The third-order valence-corrected chi connectivity index (χ3v) is 7.28. The molecule has 0 aliphatic carbocycles. The van der Waals surface area contributed by atoms with Crippen LogP contribution in [0.25, 0.3) is 0 Å². The van der Waals surface area contributed by atoms with Crippen LogP contribution in [0.2, 0.25) is 5.02 Å². The van der Waals surface area contributed by atoms with Gasteiger partial charge in [-0.1, -0.05) is 39.9 Å². The molecular formula is C19H18ClN7O5S2. The molecule has 1 saturated heterocycles. The molecule has 0 unspecified atom stereocenters. The summed E-state index contributed by atoms with van der Waals surface area (Å²) in [7, 11) is 0. The van der Waals surface area contributed by atoms with Crippen LogP contribution in [-0.2, 0) is 4.79 Å². The first-order valence-electron chi connectivity index (χ1n) is 9.98. The normalized spacial score (nSPS) is 13.7. The Morgan fingerprint density at radius 3 is 2.71 bits per heavy atom. The number of aryl methyl sites for hydroxylation is 1. The first-order chi connectivity index (χ1) is 16.3. The SMILES string of the molecule is Cc1cc(NC(=O)CSc2nnc(N3CCN(C(=O)c4ccc(Cl)c([N+](=O)[O-])c4)CC3)s2)no1. The maximum Gasteiger partial charge on any atom is 0.288 e. The summed E-state index contributed by atoms with van der Waals surface area (Å²) in [4.78, 5) is 38.9. The number of nitro groups is 1.